The van der Waals surface area contributed by atoms with Crippen molar-refractivity contribution in [1.82, 2.24) is 0 Å². The van der Waals surface area contributed by atoms with Crippen LogP contribution in [0, 0.1) is 3.57 Å². The minimum absolute atomic E-state index is 0.133. The Morgan fingerprint density at radius 3 is 3.08 bits per heavy atom. The number of nitrogens with two attached hydrogens (primary N) is 1. The average Bonchev–Trinajstić information content (AvgIpc) is 2.06. The molecule has 0 fully saturated rings. The maximum Gasteiger partial charge on any atom is 0.124 e. The number of fused-ring (bicyclic) bond motifs is 1. The molecule has 13 heavy (non-hydrogen) atoms. The van der Waals surface area contributed by atoms with E-state index < -0.39 is 0 Å². The van der Waals surface area contributed by atoms with E-state index in [9.17, 15) is 0 Å². The predicted octanol–water partition coefficient (Wildman–Crippen LogP) is 2.46. The Bertz CT molecular complexity index is 327. The molecule has 1 aromatic carbocycles. The van der Waals surface area contributed by atoms with Crippen molar-refractivity contribution in [1.29, 1.82) is 0 Å². The van der Waals surface area contributed by atoms with Crippen molar-refractivity contribution in [2.75, 3.05) is 0 Å². The highest BCUT2D eigenvalue weighted by molar-refractivity contribution is 14.1. The summed E-state index contributed by atoms with van der Waals surface area (Å²) in [6, 6.07) is 6.29. The Morgan fingerprint density at radius 1 is 1.54 bits per heavy atom. The predicted molar refractivity (Wildman–Crippen MR) is 60.8 cm³/mol. The number of ether oxygens (including phenoxy) is 1. The topological polar surface area (TPSA) is 35.2 Å². The van der Waals surface area contributed by atoms with Crippen molar-refractivity contribution < 1.29 is 4.74 Å². The van der Waals surface area contributed by atoms with Gasteiger partial charge in [-0.25, -0.2) is 0 Å². The van der Waals surface area contributed by atoms with Gasteiger partial charge in [0.2, 0.25) is 0 Å². The van der Waals surface area contributed by atoms with Crippen LogP contribution in [0.25, 0.3) is 0 Å². The van der Waals surface area contributed by atoms with Crippen LogP contribution in [-0.2, 0) is 0 Å². The molecule has 2 N–H and O–H groups in total. The van der Waals surface area contributed by atoms with Gasteiger partial charge in [-0.3, -0.25) is 0 Å². The van der Waals surface area contributed by atoms with Gasteiger partial charge < -0.3 is 10.5 Å². The number of hydrogen-bond acceptors (Lipinski definition) is 2. The summed E-state index contributed by atoms with van der Waals surface area (Å²) >= 11 is 2.29. The van der Waals surface area contributed by atoms with Gasteiger partial charge in [0.1, 0.15) is 5.75 Å². The van der Waals surface area contributed by atoms with Crippen LogP contribution in [0.15, 0.2) is 18.2 Å². The fourth-order valence-corrected chi connectivity index (χ4v) is 2.18. The third-order valence-corrected chi connectivity index (χ3v) is 2.96. The molecule has 70 valence electrons. The van der Waals surface area contributed by atoms with Gasteiger partial charge in [-0.05, 0) is 47.7 Å². The van der Waals surface area contributed by atoms with Crippen LogP contribution in [0.1, 0.15) is 24.9 Å². The lowest BCUT2D eigenvalue weighted by Crippen LogP contribution is -2.27. The van der Waals surface area contributed by atoms with E-state index in [1.807, 2.05) is 12.1 Å². The van der Waals surface area contributed by atoms with Crippen molar-refractivity contribution in [3.05, 3.63) is 27.3 Å². The van der Waals surface area contributed by atoms with Crippen LogP contribution >= 0.6 is 22.6 Å². The molecule has 3 heteroatoms. The standard InChI is InChI=1S/C10H12INO/c1-6-4-9(12)8-5-7(11)2-3-10(8)13-6/h2-3,5-6,9H,4,12H2,1H3. The highest BCUT2D eigenvalue weighted by Crippen LogP contribution is 2.33. The first-order chi connectivity index (χ1) is 6.16. The van der Waals surface area contributed by atoms with Crippen molar-refractivity contribution in [2.24, 2.45) is 5.73 Å². The minimum Gasteiger partial charge on any atom is -0.490 e. The highest BCUT2D eigenvalue weighted by Gasteiger charge is 2.22. The van der Waals surface area contributed by atoms with Gasteiger partial charge in [0.25, 0.3) is 0 Å². The molecule has 2 nitrogen and oxygen atoms in total. The van der Waals surface area contributed by atoms with Crippen LogP contribution in [-0.4, -0.2) is 6.10 Å². The van der Waals surface area contributed by atoms with E-state index in [1.165, 1.54) is 3.57 Å². The molecule has 1 aliphatic heterocycles. The van der Waals surface area contributed by atoms with Gasteiger partial charge >= 0.3 is 0 Å². The molecule has 0 aromatic heterocycles. The van der Waals surface area contributed by atoms with Crippen LogP contribution in [0.5, 0.6) is 5.75 Å². The zero-order chi connectivity index (χ0) is 9.42. The third-order valence-electron chi connectivity index (χ3n) is 2.29. The molecule has 0 radical (unpaired) electrons. The van der Waals surface area contributed by atoms with Gasteiger partial charge in [-0.2, -0.15) is 0 Å². The largest absolute Gasteiger partial charge is 0.490 e. The Hall–Kier alpha value is -0.290. The number of benzene rings is 1. The van der Waals surface area contributed by atoms with Gasteiger partial charge in [-0.1, -0.05) is 0 Å². The van der Waals surface area contributed by atoms with Crippen molar-refractivity contribution >= 4 is 22.6 Å². The Labute approximate surface area is 91.6 Å². The first-order valence-electron chi connectivity index (χ1n) is 4.38. The van der Waals surface area contributed by atoms with Crippen LogP contribution in [0.2, 0.25) is 0 Å². The average molecular weight is 289 g/mol. The summed E-state index contributed by atoms with van der Waals surface area (Å²) in [5.74, 6) is 0.951. The number of halogens is 1. The molecule has 1 aromatic rings. The molecule has 2 rings (SSSR count). The second kappa shape index (κ2) is 3.46. The molecule has 1 heterocycles. The van der Waals surface area contributed by atoms with E-state index in [0.717, 1.165) is 17.7 Å². The van der Waals surface area contributed by atoms with Crippen LogP contribution in [0.4, 0.5) is 0 Å². The molecule has 0 bridgehead atoms. The first-order valence-corrected chi connectivity index (χ1v) is 5.46. The Morgan fingerprint density at radius 2 is 2.31 bits per heavy atom. The fraction of sp³-hybridized carbons (Fsp3) is 0.400. The van der Waals surface area contributed by atoms with Crippen molar-refractivity contribution in [2.45, 2.75) is 25.5 Å². The molecule has 2 unspecified atom stereocenters. The maximum absolute atomic E-state index is 6.02. The molecule has 0 saturated carbocycles. The molecular weight excluding hydrogens is 277 g/mol. The number of hydrogen-bond donors (Lipinski definition) is 1. The molecule has 0 spiro atoms. The van der Waals surface area contributed by atoms with Crippen molar-refractivity contribution in [3.8, 4) is 5.75 Å². The smallest absolute Gasteiger partial charge is 0.124 e. The van der Waals surface area contributed by atoms with E-state index in [4.69, 9.17) is 10.5 Å². The highest BCUT2D eigenvalue weighted by atomic mass is 127. The molecule has 0 saturated heterocycles. The zero-order valence-corrected chi connectivity index (χ0v) is 9.61. The van der Waals surface area contributed by atoms with Gasteiger partial charge in [0.15, 0.2) is 0 Å². The fourth-order valence-electron chi connectivity index (χ4n) is 1.67. The lowest BCUT2D eigenvalue weighted by atomic mass is 9.98. The summed E-state index contributed by atoms with van der Waals surface area (Å²) in [5.41, 5.74) is 7.17. The molecule has 1 aliphatic rings. The first kappa shape index (κ1) is 9.27. The molecule has 0 aliphatic carbocycles. The summed E-state index contributed by atoms with van der Waals surface area (Å²) in [5, 5.41) is 0. The Balaban J connectivity index is 2.43. The van der Waals surface area contributed by atoms with E-state index >= 15 is 0 Å². The lowest BCUT2D eigenvalue weighted by Gasteiger charge is -2.28. The lowest BCUT2D eigenvalue weighted by molar-refractivity contribution is 0.177. The summed E-state index contributed by atoms with van der Waals surface area (Å²) < 4.78 is 6.89. The summed E-state index contributed by atoms with van der Waals surface area (Å²) in [7, 11) is 0. The molecule has 2 atom stereocenters. The number of rotatable bonds is 0. The summed E-state index contributed by atoms with van der Waals surface area (Å²) in [6.45, 7) is 2.06. The van der Waals surface area contributed by atoms with E-state index in [1.54, 1.807) is 0 Å². The zero-order valence-electron chi connectivity index (χ0n) is 7.46. The monoisotopic (exact) mass is 289 g/mol. The van der Waals surface area contributed by atoms with Crippen molar-refractivity contribution in [3.63, 3.8) is 0 Å². The second-order valence-corrected chi connectivity index (χ2v) is 4.70. The van der Waals surface area contributed by atoms with Crippen LogP contribution in [0.3, 0.4) is 0 Å². The van der Waals surface area contributed by atoms with E-state index in [2.05, 4.69) is 35.6 Å². The quantitative estimate of drug-likeness (QED) is 0.745. The van der Waals surface area contributed by atoms with Gasteiger partial charge in [0, 0.05) is 21.6 Å². The third kappa shape index (κ3) is 1.81. The normalized spacial score (nSPS) is 26.4. The van der Waals surface area contributed by atoms with Gasteiger partial charge in [0.05, 0.1) is 6.10 Å². The maximum atomic E-state index is 6.02. The van der Waals surface area contributed by atoms with Crippen LogP contribution < -0.4 is 10.5 Å². The molecular formula is C10H12INO. The van der Waals surface area contributed by atoms with E-state index in [0.29, 0.717) is 0 Å². The molecule has 0 amide bonds. The Kier molecular flexibility index (Phi) is 2.47. The summed E-state index contributed by atoms with van der Waals surface area (Å²) in [6.07, 6.45) is 1.15. The van der Waals surface area contributed by atoms with Gasteiger partial charge in [-0.15, -0.1) is 0 Å². The summed E-state index contributed by atoms with van der Waals surface area (Å²) in [4.78, 5) is 0. The second-order valence-electron chi connectivity index (χ2n) is 3.45. The van der Waals surface area contributed by atoms with E-state index in [-0.39, 0.29) is 12.1 Å². The minimum atomic E-state index is 0.133. The SMILES string of the molecule is CC1CC(N)c2cc(I)ccc2O1.